The number of aromatic amines is 1. The quantitative estimate of drug-likeness (QED) is 0.265. The minimum atomic E-state index is -6.03. The van der Waals surface area contributed by atoms with Gasteiger partial charge >= 0.3 is 21.3 Å². The van der Waals surface area contributed by atoms with Crippen LogP contribution in [0.2, 0.25) is 0 Å². The normalized spacial score (nSPS) is 36.8. The summed E-state index contributed by atoms with van der Waals surface area (Å²) in [6.07, 6.45) is -8.57. The van der Waals surface area contributed by atoms with Crippen LogP contribution >= 0.6 is 15.6 Å². The standard InChI is InChI=1S/C9H13FN2O12P2/c10-9(3-22-26(20,21)24-25(17,18)19)6(15)5(14)7(23-9)12-2-1-4(13)11-8(12)16/h1-2,5-7,14-15H,3H2,(H,20,21)(H,11,13,16)(H2,17,18,19)/t5-,6+,7-,9-/m1/s1/i3D2,7D. The van der Waals surface area contributed by atoms with Gasteiger partial charge in [0.2, 0.25) is 0 Å². The van der Waals surface area contributed by atoms with E-state index >= 15 is 4.39 Å². The maximum Gasteiger partial charge on any atom is 0.481 e. The molecule has 1 saturated heterocycles. The molecule has 148 valence electrons. The van der Waals surface area contributed by atoms with Crippen molar-refractivity contribution in [3.05, 3.63) is 33.1 Å². The number of rotatable bonds is 6. The zero-order chi connectivity index (χ0) is 22.6. The summed E-state index contributed by atoms with van der Waals surface area (Å²) in [5.74, 6) is -4.36. The number of aliphatic hydroxyl groups is 2. The van der Waals surface area contributed by atoms with Crippen molar-refractivity contribution in [3.63, 3.8) is 0 Å². The lowest BCUT2D eigenvalue weighted by Crippen LogP contribution is -2.43. The number of hydrogen-bond acceptors (Lipinski definition) is 9. The molecule has 0 saturated carbocycles. The van der Waals surface area contributed by atoms with E-state index in [1.54, 1.807) is 4.98 Å². The van der Waals surface area contributed by atoms with Crippen LogP contribution in [0.25, 0.3) is 0 Å². The third-order valence-electron chi connectivity index (χ3n) is 2.76. The lowest BCUT2D eigenvalue weighted by molar-refractivity contribution is -0.204. The molecule has 1 aromatic rings. The molecule has 1 unspecified atom stereocenters. The molecule has 26 heavy (non-hydrogen) atoms. The summed E-state index contributed by atoms with van der Waals surface area (Å²) in [5, 5.41) is 19.9. The molecule has 2 heterocycles. The summed E-state index contributed by atoms with van der Waals surface area (Å²) in [6, 6.07) is 0.638. The van der Waals surface area contributed by atoms with Gasteiger partial charge in [0.1, 0.15) is 18.8 Å². The second kappa shape index (κ2) is 7.05. The molecule has 0 amide bonds. The van der Waals surface area contributed by atoms with Gasteiger partial charge in [0.15, 0.2) is 6.20 Å². The van der Waals surface area contributed by atoms with Crippen LogP contribution in [0.3, 0.4) is 0 Å². The van der Waals surface area contributed by atoms with Crippen LogP contribution in [-0.4, -0.2) is 59.1 Å². The van der Waals surface area contributed by atoms with Crippen LogP contribution in [-0.2, 0) is 22.7 Å². The van der Waals surface area contributed by atoms with Crippen LogP contribution in [0.15, 0.2) is 21.9 Å². The first kappa shape index (κ1) is 16.9. The third-order valence-corrected chi connectivity index (χ3v) is 4.76. The fourth-order valence-corrected chi connectivity index (χ4v) is 3.19. The number of alkyl halides is 1. The van der Waals surface area contributed by atoms with Gasteiger partial charge in [0.25, 0.3) is 11.4 Å². The Balaban J connectivity index is 2.47. The van der Waals surface area contributed by atoms with Gasteiger partial charge in [0.05, 0.1) is 4.11 Å². The summed E-state index contributed by atoms with van der Waals surface area (Å²) < 4.78 is 71.5. The summed E-state index contributed by atoms with van der Waals surface area (Å²) in [4.78, 5) is 50.7. The van der Waals surface area contributed by atoms with Crippen molar-refractivity contribution in [2.75, 3.05) is 6.56 Å². The zero-order valence-corrected chi connectivity index (χ0v) is 13.9. The van der Waals surface area contributed by atoms with Crippen molar-refractivity contribution < 1.29 is 56.1 Å². The maximum absolute atomic E-state index is 15.2. The van der Waals surface area contributed by atoms with Crippen molar-refractivity contribution >= 4 is 15.6 Å². The van der Waals surface area contributed by atoms with Gasteiger partial charge < -0.3 is 29.6 Å². The number of hydrogen-bond donors (Lipinski definition) is 6. The van der Waals surface area contributed by atoms with Crippen LogP contribution in [0.1, 0.15) is 10.3 Å². The smallest absolute Gasteiger partial charge is 0.385 e. The highest BCUT2D eigenvalue weighted by Gasteiger charge is 2.57. The predicted octanol–water partition coefficient (Wildman–Crippen LogP) is -2.32. The van der Waals surface area contributed by atoms with Gasteiger partial charge in [-0.25, -0.2) is 18.3 Å². The van der Waals surface area contributed by atoms with Gasteiger partial charge in [-0.05, 0) is 0 Å². The van der Waals surface area contributed by atoms with Crippen molar-refractivity contribution in [3.8, 4) is 0 Å². The molecule has 0 bridgehead atoms. The Morgan fingerprint density at radius 2 is 2.04 bits per heavy atom. The number of phosphoric acid groups is 2. The molecular formula is C9H13FN2O12P2. The minimum absolute atomic E-state index is 0.0599. The van der Waals surface area contributed by atoms with Crippen molar-refractivity contribution in [2.45, 2.75) is 24.3 Å². The summed E-state index contributed by atoms with van der Waals surface area (Å²) in [5.41, 5.74) is -2.41. The predicted molar refractivity (Wildman–Crippen MR) is 76.2 cm³/mol. The molecule has 17 heteroatoms. The first-order chi connectivity index (χ1) is 12.8. The molecule has 1 aromatic heterocycles. The molecule has 6 N–H and O–H groups in total. The molecule has 0 spiro atoms. The Labute approximate surface area is 146 Å². The highest BCUT2D eigenvalue weighted by atomic mass is 31.3. The van der Waals surface area contributed by atoms with Crippen LogP contribution < -0.4 is 11.2 Å². The maximum atomic E-state index is 15.2. The van der Waals surface area contributed by atoms with Crippen LogP contribution in [0.5, 0.6) is 0 Å². The van der Waals surface area contributed by atoms with Crippen LogP contribution in [0.4, 0.5) is 4.39 Å². The van der Waals surface area contributed by atoms with E-state index in [2.05, 4.69) is 13.6 Å². The Bertz CT molecular complexity index is 1010. The van der Waals surface area contributed by atoms with Crippen molar-refractivity contribution in [1.29, 1.82) is 0 Å². The van der Waals surface area contributed by atoms with Crippen molar-refractivity contribution in [2.24, 2.45) is 0 Å². The van der Waals surface area contributed by atoms with E-state index < -0.39 is 57.7 Å². The molecule has 0 aliphatic carbocycles. The van der Waals surface area contributed by atoms with Gasteiger partial charge in [-0.1, -0.05) is 0 Å². The number of aromatic nitrogens is 2. The number of nitrogens with one attached hydrogen (secondary N) is 1. The molecule has 0 aromatic carbocycles. The van der Waals surface area contributed by atoms with E-state index in [-0.39, 0.29) is 4.57 Å². The van der Waals surface area contributed by atoms with Gasteiger partial charge in [-0.15, -0.1) is 0 Å². The Hall–Kier alpha value is -1.25. The van der Waals surface area contributed by atoms with Gasteiger partial charge in [0, 0.05) is 12.3 Å². The van der Waals surface area contributed by atoms with E-state index in [0.29, 0.717) is 12.3 Å². The summed E-state index contributed by atoms with van der Waals surface area (Å²) >= 11 is 0. The molecule has 2 rings (SSSR count). The lowest BCUT2D eigenvalue weighted by Gasteiger charge is -2.23. The number of phosphoric ester groups is 1. The Kier molecular flexibility index (Phi) is 4.58. The first-order valence-corrected chi connectivity index (χ1v) is 9.25. The van der Waals surface area contributed by atoms with Gasteiger partial charge in [-0.3, -0.25) is 18.9 Å². The van der Waals surface area contributed by atoms with E-state index in [1.807, 2.05) is 0 Å². The second-order valence-electron chi connectivity index (χ2n) is 4.69. The highest BCUT2D eigenvalue weighted by molar-refractivity contribution is 7.60. The average Bonchev–Trinajstić information content (AvgIpc) is 2.66. The molecular weight excluding hydrogens is 409 g/mol. The SMILES string of the molecule is [2H]C([2H])(OP(=O)(O)OP(=O)(O)O)[C@@]1(F)O[C@@]([2H])(n2ccc(=O)[nH]c2=O)[C@H](O)[C@@H]1O. The number of nitrogens with zero attached hydrogens (tertiary/aromatic N) is 1. The zero-order valence-electron chi connectivity index (χ0n) is 15.1. The lowest BCUT2D eigenvalue weighted by atomic mass is 10.1. The number of H-pyrrole nitrogens is 1. The first-order valence-electron chi connectivity index (χ1n) is 7.73. The minimum Gasteiger partial charge on any atom is -0.385 e. The average molecular weight is 425 g/mol. The Morgan fingerprint density at radius 1 is 1.42 bits per heavy atom. The summed E-state index contributed by atoms with van der Waals surface area (Å²) in [6.45, 7) is -4.29. The third kappa shape index (κ3) is 4.72. The molecule has 1 fully saturated rings. The summed E-state index contributed by atoms with van der Waals surface area (Å²) in [7, 11) is -11.8. The number of aliphatic hydroxyl groups excluding tert-OH is 2. The fourth-order valence-electron chi connectivity index (χ4n) is 1.75. The molecule has 0 radical (unpaired) electrons. The van der Waals surface area contributed by atoms with Gasteiger partial charge in [-0.2, -0.15) is 4.31 Å². The second-order valence-corrected chi connectivity index (χ2v) is 7.44. The topological polar surface area (TPSA) is 218 Å². The number of ether oxygens (including phenoxy) is 1. The van der Waals surface area contributed by atoms with Crippen LogP contribution in [0, 0.1) is 0 Å². The van der Waals surface area contributed by atoms with Crippen molar-refractivity contribution in [1.82, 2.24) is 9.55 Å². The molecule has 1 aliphatic rings. The highest BCUT2D eigenvalue weighted by Crippen LogP contribution is 2.58. The Morgan fingerprint density at radius 3 is 2.58 bits per heavy atom. The molecule has 5 atom stereocenters. The largest absolute Gasteiger partial charge is 0.481 e. The number of halogens is 1. The van der Waals surface area contributed by atoms with E-state index in [1.165, 1.54) is 0 Å². The molecule has 1 aliphatic heterocycles. The van der Waals surface area contributed by atoms with E-state index in [4.69, 9.17) is 13.9 Å². The van der Waals surface area contributed by atoms with E-state index in [9.17, 15) is 33.8 Å². The monoisotopic (exact) mass is 425 g/mol. The fraction of sp³-hybridized carbons (Fsp3) is 0.556. The van der Waals surface area contributed by atoms with E-state index in [0.717, 1.165) is 0 Å². The molecule has 14 nitrogen and oxygen atoms in total.